The van der Waals surface area contributed by atoms with Crippen molar-refractivity contribution in [2.75, 3.05) is 37.7 Å². The van der Waals surface area contributed by atoms with Crippen LogP contribution in [0, 0.1) is 0 Å². The minimum Gasteiger partial charge on any atom is -0.462 e. The number of carbonyl (C=O) groups excluding carboxylic acids is 2. The van der Waals surface area contributed by atoms with Gasteiger partial charge in [-0.05, 0) is 31.2 Å². The second-order valence-corrected chi connectivity index (χ2v) is 5.21. The third kappa shape index (κ3) is 3.03. The molecule has 1 aromatic carbocycles. The second kappa shape index (κ2) is 6.98. The van der Waals surface area contributed by atoms with Crippen molar-refractivity contribution in [3.8, 4) is 0 Å². The first-order chi connectivity index (χ1) is 10.2. The third-order valence-corrected chi connectivity index (χ3v) is 3.91. The topological polar surface area (TPSA) is 61.9 Å². The van der Waals surface area contributed by atoms with Crippen LogP contribution in [0.3, 0.4) is 0 Å². The largest absolute Gasteiger partial charge is 0.462 e. The molecule has 2 aliphatic heterocycles. The SMILES string of the molecule is CCOC(=O)c1ccc(N2C[C@@H]3CNCCN3C2=O)cc1.Cl. The maximum absolute atomic E-state index is 12.4. The monoisotopic (exact) mass is 325 g/mol. The lowest BCUT2D eigenvalue weighted by Gasteiger charge is -2.28. The Bertz CT molecular complexity index is 549. The van der Waals surface area contributed by atoms with E-state index in [-0.39, 0.29) is 30.4 Å². The Kier molecular flexibility index (Phi) is 5.26. The number of halogens is 1. The number of urea groups is 1. The van der Waals surface area contributed by atoms with Crippen LogP contribution in [-0.4, -0.2) is 55.7 Å². The number of benzene rings is 1. The molecule has 0 bridgehead atoms. The van der Waals surface area contributed by atoms with Gasteiger partial charge in [0.2, 0.25) is 0 Å². The number of fused-ring (bicyclic) bond motifs is 1. The van der Waals surface area contributed by atoms with E-state index in [4.69, 9.17) is 4.74 Å². The molecule has 0 saturated carbocycles. The third-order valence-electron chi connectivity index (χ3n) is 3.91. The first kappa shape index (κ1) is 16.6. The van der Waals surface area contributed by atoms with Crippen molar-refractivity contribution in [2.45, 2.75) is 13.0 Å². The van der Waals surface area contributed by atoms with E-state index in [0.717, 1.165) is 25.3 Å². The Morgan fingerprint density at radius 3 is 2.73 bits per heavy atom. The molecule has 0 aliphatic carbocycles. The standard InChI is InChI=1S/C15H19N3O3.ClH/c1-2-21-14(19)11-3-5-12(6-4-11)18-10-13-9-16-7-8-17(13)15(18)20;/h3-6,13,16H,2,7-10H2,1H3;1H/t13-;/m0./s1. The summed E-state index contributed by atoms with van der Waals surface area (Å²) in [7, 11) is 0. The van der Waals surface area contributed by atoms with Gasteiger partial charge in [-0.1, -0.05) is 0 Å². The van der Waals surface area contributed by atoms with Crippen LogP contribution >= 0.6 is 12.4 Å². The lowest BCUT2D eigenvalue weighted by Crippen LogP contribution is -2.49. The molecule has 2 saturated heterocycles. The Balaban J connectivity index is 0.00000176. The Morgan fingerprint density at radius 2 is 2.09 bits per heavy atom. The van der Waals surface area contributed by atoms with Crippen LogP contribution in [0.2, 0.25) is 0 Å². The van der Waals surface area contributed by atoms with Gasteiger partial charge in [0.1, 0.15) is 0 Å². The van der Waals surface area contributed by atoms with Gasteiger partial charge in [-0.15, -0.1) is 12.4 Å². The summed E-state index contributed by atoms with van der Waals surface area (Å²) in [5.74, 6) is -0.335. The molecule has 2 aliphatic rings. The number of amides is 2. The van der Waals surface area contributed by atoms with E-state index < -0.39 is 0 Å². The summed E-state index contributed by atoms with van der Waals surface area (Å²) in [4.78, 5) is 27.7. The van der Waals surface area contributed by atoms with Gasteiger partial charge in [0.15, 0.2) is 0 Å². The minimum atomic E-state index is -0.335. The highest BCUT2D eigenvalue weighted by Gasteiger charge is 2.38. The van der Waals surface area contributed by atoms with E-state index in [1.807, 2.05) is 4.90 Å². The fourth-order valence-corrected chi connectivity index (χ4v) is 2.83. The molecule has 22 heavy (non-hydrogen) atoms. The quantitative estimate of drug-likeness (QED) is 0.856. The van der Waals surface area contributed by atoms with Crippen molar-refractivity contribution < 1.29 is 14.3 Å². The molecular formula is C15H20ClN3O3. The summed E-state index contributed by atoms with van der Waals surface area (Å²) in [5, 5.41) is 3.31. The molecule has 0 unspecified atom stereocenters. The van der Waals surface area contributed by atoms with Gasteiger partial charge in [0.05, 0.1) is 18.2 Å². The van der Waals surface area contributed by atoms with Gasteiger partial charge in [0.25, 0.3) is 0 Å². The number of carbonyl (C=O) groups is 2. The first-order valence-corrected chi connectivity index (χ1v) is 7.26. The van der Waals surface area contributed by atoms with E-state index >= 15 is 0 Å². The highest BCUT2D eigenvalue weighted by atomic mass is 35.5. The van der Waals surface area contributed by atoms with Crippen LogP contribution < -0.4 is 10.2 Å². The highest BCUT2D eigenvalue weighted by Crippen LogP contribution is 2.25. The number of hydrogen-bond acceptors (Lipinski definition) is 4. The van der Waals surface area contributed by atoms with Crippen LogP contribution in [0.25, 0.3) is 0 Å². The molecule has 6 nitrogen and oxygen atoms in total. The Morgan fingerprint density at radius 1 is 1.36 bits per heavy atom. The molecule has 0 radical (unpaired) electrons. The zero-order valence-electron chi connectivity index (χ0n) is 12.4. The van der Waals surface area contributed by atoms with Crippen LogP contribution in [0.5, 0.6) is 0 Å². The lowest BCUT2D eigenvalue weighted by atomic mass is 10.2. The molecule has 2 heterocycles. The lowest BCUT2D eigenvalue weighted by molar-refractivity contribution is 0.0526. The normalized spacial score (nSPS) is 20.4. The van der Waals surface area contributed by atoms with Crippen LogP contribution in [0.15, 0.2) is 24.3 Å². The molecule has 0 aromatic heterocycles. The molecule has 2 fully saturated rings. The van der Waals surface area contributed by atoms with Crippen molar-refractivity contribution in [1.29, 1.82) is 0 Å². The van der Waals surface area contributed by atoms with Crippen molar-refractivity contribution in [3.05, 3.63) is 29.8 Å². The van der Waals surface area contributed by atoms with Gasteiger partial charge in [0, 0.05) is 31.9 Å². The van der Waals surface area contributed by atoms with Crippen molar-refractivity contribution in [1.82, 2.24) is 10.2 Å². The van der Waals surface area contributed by atoms with Crippen molar-refractivity contribution in [3.63, 3.8) is 0 Å². The van der Waals surface area contributed by atoms with Crippen molar-refractivity contribution >= 4 is 30.1 Å². The number of ether oxygens (including phenoxy) is 1. The summed E-state index contributed by atoms with van der Waals surface area (Å²) in [6.45, 7) is 5.25. The van der Waals surface area contributed by atoms with E-state index in [1.165, 1.54) is 0 Å². The fraction of sp³-hybridized carbons (Fsp3) is 0.467. The number of esters is 1. The number of nitrogens with zero attached hydrogens (tertiary/aromatic N) is 2. The van der Waals surface area contributed by atoms with Crippen LogP contribution in [0.1, 0.15) is 17.3 Å². The fourth-order valence-electron chi connectivity index (χ4n) is 2.83. The van der Waals surface area contributed by atoms with E-state index in [1.54, 1.807) is 36.1 Å². The maximum Gasteiger partial charge on any atom is 0.338 e. The number of rotatable bonds is 3. The maximum atomic E-state index is 12.4. The number of nitrogens with one attached hydrogen (secondary N) is 1. The average molecular weight is 326 g/mol. The van der Waals surface area contributed by atoms with E-state index in [2.05, 4.69) is 5.32 Å². The molecule has 1 N–H and O–H groups in total. The molecule has 3 rings (SSSR count). The molecule has 120 valence electrons. The Labute approximate surface area is 135 Å². The van der Waals surface area contributed by atoms with Gasteiger partial charge < -0.3 is 15.0 Å². The first-order valence-electron chi connectivity index (χ1n) is 7.26. The smallest absolute Gasteiger partial charge is 0.338 e. The summed E-state index contributed by atoms with van der Waals surface area (Å²) >= 11 is 0. The number of hydrogen-bond donors (Lipinski definition) is 1. The molecule has 1 aromatic rings. The molecular weight excluding hydrogens is 306 g/mol. The van der Waals surface area contributed by atoms with Gasteiger partial charge in [-0.3, -0.25) is 4.90 Å². The van der Waals surface area contributed by atoms with Gasteiger partial charge in [-0.2, -0.15) is 0 Å². The van der Waals surface area contributed by atoms with E-state index in [0.29, 0.717) is 18.7 Å². The predicted molar refractivity (Wildman–Crippen MR) is 85.8 cm³/mol. The molecule has 1 atom stereocenters. The molecule has 7 heteroatoms. The van der Waals surface area contributed by atoms with Crippen molar-refractivity contribution in [2.24, 2.45) is 0 Å². The Hall–Kier alpha value is -1.79. The molecule has 0 spiro atoms. The summed E-state index contributed by atoms with van der Waals surface area (Å²) in [6.07, 6.45) is 0. The predicted octanol–water partition coefficient (Wildman–Crippen LogP) is 1.50. The van der Waals surface area contributed by atoms with E-state index in [9.17, 15) is 9.59 Å². The zero-order chi connectivity index (χ0) is 14.8. The highest BCUT2D eigenvalue weighted by molar-refractivity contribution is 5.96. The molecule has 2 amide bonds. The second-order valence-electron chi connectivity index (χ2n) is 5.21. The van der Waals surface area contributed by atoms with Gasteiger partial charge >= 0.3 is 12.0 Å². The summed E-state index contributed by atoms with van der Waals surface area (Å²) in [6, 6.07) is 7.29. The number of anilines is 1. The number of piperazine rings is 1. The zero-order valence-corrected chi connectivity index (χ0v) is 13.3. The minimum absolute atomic E-state index is 0. The van der Waals surface area contributed by atoms with Crippen LogP contribution in [0.4, 0.5) is 10.5 Å². The average Bonchev–Trinajstić information content (AvgIpc) is 2.85. The van der Waals surface area contributed by atoms with Gasteiger partial charge in [-0.25, -0.2) is 9.59 Å². The van der Waals surface area contributed by atoms with Crippen LogP contribution in [-0.2, 0) is 4.74 Å². The summed E-state index contributed by atoms with van der Waals surface area (Å²) in [5.41, 5.74) is 1.33. The summed E-state index contributed by atoms with van der Waals surface area (Å²) < 4.78 is 4.96.